The van der Waals surface area contributed by atoms with E-state index in [1.54, 1.807) is 4.90 Å². The van der Waals surface area contributed by atoms with Gasteiger partial charge in [0.15, 0.2) is 0 Å². The first-order valence-electron chi connectivity index (χ1n) is 11.2. The van der Waals surface area contributed by atoms with Crippen LogP contribution in [-0.2, 0) is 22.2 Å². The summed E-state index contributed by atoms with van der Waals surface area (Å²) in [5, 5.41) is 14.9. The minimum absolute atomic E-state index is 0.0620. The molecule has 3 rings (SSSR count). The predicted molar refractivity (Wildman–Crippen MR) is 135 cm³/mol. The van der Waals surface area contributed by atoms with Crippen LogP contribution >= 0.6 is 11.8 Å². The van der Waals surface area contributed by atoms with Crippen LogP contribution in [0.2, 0.25) is 0 Å². The summed E-state index contributed by atoms with van der Waals surface area (Å²) in [5.74, 6) is 0.400. The molecule has 0 aromatic heterocycles. The highest BCUT2D eigenvalue weighted by Gasteiger charge is 2.38. The van der Waals surface area contributed by atoms with Gasteiger partial charge in [0.2, 0.25) is 5.91 Å². The van der Waals surface area contributed by atoms with Crippen LogP contribution in [0.4, 0.5) is 0 Å². The Kier molecular flexibility index (Phi) is 7.11. The topological polar surface area (TPSA) is 52.6 Å². The molecule has 1 atom stereocenters. The molecule has 5 heteroatoms. The number of amides is 1. The van der Waals surface area contributed by atoms with Gasteiger partial charge in [-0.15, -0.1) is 0 Å². The molecule has 2 aromatic carbocycles. The number of hydrogen-bond acceptors (Lipinski definition) is 4. The molecule has 0 aliphatic carbocycles. The summed E-state index contributed by atoms with van der Waals surface area (Å²) >= 11 is 1.51. The van der Waals surface area contributed by atoms with E-state index in [-0.39, 0.29) is 22.0 Å². The molecule has 1 heterocycles. The fraction of sp³-hybridized carbons (Fsp3) is 0.444. The standard InChI is InChI=1S/C27H36N2O2S/c1-18-29(14-13-28-17-19-11-9-8-10-12-19)25(31)24(32-18)20-15-21(26(2,3)4)23(30)22(16-20)27(5,6)7/h8-12,15-16,24,28,30H,1,13-14,17H2,2-7H3. The van der Waals surface area contributed by atoms with Crippen molar-refractivity contribution in [3.05, 3.63) is 76.3 Å². The van der Waals surface area contributed by atoms with Gasteiger partial charge >= 0.3 is 0 Å². The van der Waals surface area contributed by atoms with Crippen molar-refractivity contribution in [2.75, 3.05) is 13.1 Å². The number of phenolic OH excluding ortho intramolecular Hbond substituents is 1. The average Bonchev–Trinajstić information content (AvgIpc) is 2.98. The molecule has 1 aliphatic heterocycles. The molecule has 4 nitrogen and oxygen atoms in total. The van der Waals surface area contributed by atoms with E-state index in [1.807, 2.05) is 30.3 Å². The number of carbonyl (C=O) groups excluding carboxylic acids is 1. The Morgan fingerprint density at radius 3 is 2.12 bits per heavy atom. The highest BCUT2D eigenvalue weighted by molar-refractivity contribution is 8.04. The first-order valence-corrected chi connectivity index (χ1v) is 12.1. The molecule has 0 bridgehead atoms. The van der Waals surface area contributed by atoms with Crippen LogP contribution in [0.15, 0.2) is 54.1 Å². The quantitative estimate of drug-likeness (QED) is 0.539. The molecule has 32 heavy (non-hydrogen) atoms. The summed E-state index contributed by atoms with van der Waals surface area (Å²) < 4.78 is 0. The number of rotatable bonds is 6. The predicted octanol–water partition coefficient (Wildman–Crippen LogP) is 5.86. The fourth-order valence-corrected chi connectivity index (χ4v) is 5.01. The van der Waals surface area contributed by atoms with Crippen LogP contribution in [0, 0.1) is 0 Å². The maximum Gasteiger partial charge on any atom is 0.245 e. The molecule has 0 saturated carbocycles. The molecule has 0 spiro atoms. The molecule has 2 N–H and O–H groups in total. The second kappa shape index (κ2) is 9.32. The summed E-state index contributed by atoms with van der Waals surface area (Å²) in [6, 6.07) is 14.2. The van der Waals surface area contributed by atoms with Crippen molar-refractivity contribution in [2.24, 2.45) is 0 Å². The normalized spacial score (nSPS) is 17.3. The summed E-state index contributed by atoms with van der Waals surface area (Å²) in [4.78, 5) is 15.1. The molecule has 2 aromatic rings. The first-order chi connectivity index (χ1) is 14.9. The molecule has 1 aliphatic rings. The van der Waals surface area contributed by atoms with Gasteiger partial charge in [0.1, 0.15) is 11.0 Å². The van der Waals surface area contributed by atoms with Crippen molar-refractivity contribution in [3.63, 3.8) is 0 Å². The third kappa shape index (κ3) is 5.38. The Morgan fingerprint density at radius 2 is 1.59 bits per heavy atom. The largest absolute Gasteiger partial charge is 0.507 e. The van der Waals surface area contributed by atoms with E-state index in [0.717, 1.165) is 28.3 Å². The molecular weight excluding hydrogens is 416 g/mol. The van der Waals surface area contributed by atoms with Crippen molar-refractivity contribution in [2.45, 2.75) is 64.2 Å². The van der Waals surface area contributed by atoms with Crippen LogP contribution in [0.3, 0.4) is 0 Å². The van der Waals surface area contributed by atoms with E-state index in [2.05, 4.69) is 65.6 Å². The number of thioether (sulfide) groups is 1. The number of benzene rings is 2. The van der Waals surface area contributed by atoms with Gasteiger partial charge in [0.25, 0.3) is 0 Å². The van der Waals surface area contributed by atoms with Crippen LogP contribution in [0.5, 0.6) is 5.75 Å². The third-order valence-electron chi connectivity index (χ3n) is 5.78. The summed E-state index contributed by atoms with van der Waals surface area (Å²) in [6.45, 7) is 18.7. The lowest BCUT2D eigenvalue weighted by atomic mass is 9.78. The Morgan fingerprint density at radius 1 is 1.03 bits per heavy atom. The van der Waals surface area contributed by atoms with Gasteiger partial charge in [-0.25, -0.2) is 0 Å². The number of nitrogens with zero attached hydrogens (tertiary/aromatic N) is 1. The molecule has 1 amide bonds. The third-order valence-corrected chi connectivity index (χ3v) is 6.98. The van der Waals surface area contributed by atoms with Crippen molar-refractivity contribution in [1.82, 2.24) is 10.2 Å². The summed E-state index contributed by atoms with van der Waals surface area (Å²) in [5.41, 5.74) is 3.45. The van der Waals surface area contributed by atoms with Crippen molar-refractivity contribution in [1.29, 1.82) is 0 Å². The van der Waals surface area contributed by atoms with Crippen molar-refractivity contribution < 1.29 is 9.90 Å². The zero-order chi connectivity index (χ0) is 23.7. The zero-order valence-corrected chi connectivity index (χ0v) is 21.0. The van der Waals surface area contributed by atoms with E-state index in [4.69, 9.17) is 0 Å². The molecule has 1 saturated heterocycles. The number of aromatic hydroxyl groups is 1. The van der Waals surface area contributed by atoms with E-state index >= 15 is 0 Å². The summed E-state index contributed by atoms with van der Waals surface area (Å²) in [7, 11) is 0. The minimum Gasteiger partial charge on any atom is -0.507 e. The van der Waals surface area contributed by atoms with Gasteiger partial charge in [-0.3, -0.25) is 4.79 Å². The van der Waals surface area contributed by atoms with Crippen molar-refractivity contribution >= 4 is 17.7 Å². The lowest BCUT2D eigenvalue weighted by Crippen LogP contribution is -2.33. The van der Waals surface area contributed by atoms with E-state index in [9.17, 15) is 9.90 Å². The second-order valence-electron chi connectivity index (χ2n) is 10.5. The van der Waals surface area contributed by atoms with E-state index in [1.165, 1.54) is 17.3 Å². The molecule has 1 fully saturated rings. The van der Waals surface area contributed by atoms with Crippen LogP contribution < -0.4 is 5.32 Å². The lowest BCUT2D eigenvalue weighted by molar-refractivity contribution is -0.127. The van der Waals surface area contributed by atoms with Gasteiger partial charge in [-0.05, 0) is 45.2 Å². The highest BCUT2D eigenvalue weighted by atomic mass is 32.2. The zero-order valence-electron chi connectivity index (χ0n) is 20.2. The Hall–Kier alpha value is -2.24. The lowest BCUT2D eigenvalue weighted by Gasteiger charge is -2.29. The van der Waals surface area contributed by atoms with Crippen molar-refractivity contribution in [3.8, 4) is 5.75 Å². The maximum absolute atomic E-state index is 13.3. The SMILES string of the molecule is C=C1SC(c2cc(C(C)(C)C)c(O)c(C(C)(C)C)c2)C(=O)N1CCNCc1ccccc1. The maximum atomic E-state index is 13.3. The number of carbonyl (C=O) groups is 1. The molecular formula is C27H36N2O2S. The van der Waals surface area contributed by atoms with Gasteiger partial charge in [0.05, 0.1) is 5.03 Å². The number of hydrogen-bond donors (Lipinski definition) is 2. The molecule has 1 unspecified atom stereocenters. The van der Waals surface area contributed by atoms with Gasteiger partial charge in [-0.2, -0.15) is 0 Å². The van der Waals surface area contributed by atoms with Crippen LogP contribution in [0.25, 0.3) is 0 Å². The van der Waals surface area contributed by atoms with Gasteiger partial charge in [0, 0.05) is 19.6 Å². The smallest absolute Gasteiger partial charge is 0.245 e. The first kappa shape index (κ1) is 24.4. The number of phenols is 1. The van der Waals surface area contributed by atoms with Gasteiger partial charge in [-0.1, -0.05) is 90.2 Å². The average molecular weight is 453 g/mol. The Labute approximate surface area is 197 Å². The van der Waals surface area contributed by atoms with Crippen LogP contribution in [0.1, 0.15) is 69.0 Å². The monoisotopic (exact) mass is 452 g/mol. The Bertz CT molecular complexity index is 952. The van der Waals surface area contributed by atoms with E-state index in [0.29, 0.717) is 18.8 Å². The van der Waals surface area contributed by atoms with E-state index < -0.39 is 0 Å². The molecule has 0 radical (unpaired) electrons. The highest BCUT2D eigenvalue weighted by Crippen LogP contribution is 2.48. The fourth-order valence-electron chi connectivity index (χ4n) is 3.93. The van der Waals surface area contributed by atoms with Gasteiger partial charge < -0.3 is 15.3 Å². The Balaban J connectivity index is 1.78. The minimum atomic E-state index is -0.334. The number of nitrogens with one attached hydrogen (secondary N) is 1. The van der Waals surface area contributed by atoms with Crippen LogP contribution in [-0.4, -0.2) is 29.0 Å². The second-order valence-corrected chi connectivity index (χ2v) is 11.7. The summed E-state index contributed by atoms with van der Waals surface area (Å²) in [6.07, 6.45) is 0. The molecule has 172 valence electrons.